The maximum atomic E-state index is 10.2. The molecule has 1 atom stereocenters. The summed E-state index contributed by atoms with van der Waals surface area (Å²) in [6, 6.07) is 0. The van der Waals surface area contributed by atoms with Crippen molar-refractivity contribution < 1.29 is 14.6 Å². The lowest BCUT2D eigenvalue weighted by Gasteiger charge is -2.07. The Morgan fingerprint density at radius 3 is 3.00 bits per heavy atom. The van der Waals surface area contributed by atoms with Gasteiger partial charge in [0.05, 0.1) is 12.7 Å². The molecule has 0 amide bonds. The van der Waals surface area contributed by atoms with Crippen molar-refractivity contribution in [3.8, 4) is 0 Å². The van der Waals surface area contributed by atoms with E-state index in [0.29, 0.717) is 0 Å². The fourth-order valence-electron chi connectivity index (χ4n) is 0.364. The van der Waals surface area contributed by atoms with E-state index in [-0.39, 0.29) is 0 Å². The first kappa shape index (κ1) is 5.31. The van der Waals surface area contributed by atoms with E-state index in [1.807, 2.05) is 0 Å². The molecule has 1 aliphatic heterocycles. The summed E-state index contributed by atoms with van der Waals surface area (Å²) in [4.78, 5) is 10.2. The van der Waals surface area contributed by atoms with Crippen molar-refractivity contribution in [3.63, 3.8) is 0 Å². The van der Waals surface area contributed by atoms with Crippen LogP contribution in [0.4, 0.5) is 0 Å². The summed E-state index contributed by atoms with van der Waals surface area (Å²) in [7, 11) is 0. The number of hydrogen-bond donors (Lipinski definition) is 1. The van der Waals surface area contributed by atoms with E-state index in [2.05, 4.69) is 11.2 Å². The summed E-state index contributed by atoms with van der Waals surface area (Å²) in [6.07, 6.45) is 3.67. The Bertz CT molecular complexity index is 128. The fourth-order valence-corrected chi connectivity index (χ4v) is 0.364. The Hall–Kier alpha value is -0.830. The molecule has 42 valence electrons. The van der Waals surface area contributed by atoms with Crippen molar-refractivity contribution in [3.05, 3.63) is 18.8 Å². The van der Waals surface area contributed by atoms with Crippen LogP contribution in [0.1, 0.15) is 0 Å². The molecule has 3 nitrogen and oxygen atoms in total. The highest BCUT2D eigenvalue weighted by Gasteiger charge is 2.17. The van der Waals surface area contributed by atoms with Crippen LogP contribution in [-0.4, -0.2) is 17.2 Å². The van der Waals surface area contributed by atoms with E-state index >= 15 is 0 Å². The molecule has 1 N–H and O–H groups in total. The summed E-state index contributed by atoms with van der Waals surface area (Å²) >= 11 is 0. The molecule has 1 rings (SSSR count). The minimum Gasteiger partial charge on any atom is -0.433 e. The molecule has 0 spiro atoms. The van der Waals surface area contributed by atoms with Crippen LogP contribution in [0.3, 0.4) is 0 Å². The first-order chi connectivity index (χ1) is 3.80. The molecule has 0 aromatic carbocycles. The molecule has 0 saturated heterocycles. The van der Waals surface area contributed by atoms with Gasteiger partial charge in [-0.3, -0.25) is 0 Å². The molecule has 1 aliphatic rings. The SMILES string of the molecule is O=C1OC=C[C]C1O. The molecular formula is C5H4O3. The second-order valence-corrected chi connectivity index (χ2v) is 1.31. The van der Waals surface area contributed by atoms with Crippen molar-refractivity contribution in [1.82, 2.24) is 0 Å². The summed E-state index contributed by atoms with van der Waals surface area (Å²) < 4.78 is 4.26. The topological polar surface area (TPSA) is 46.5 Å². The molecule has 0 aromatic rings. The van der Waals surface area contributed by atoms with E-state index in [9.17, 15) is 4.79 Å². The zero-order valence-electron chi connectivity index (χ0n) is 4.00. The lowest BCUT2D eigenvalue weighted by molar-refractivity contribution is -0.146. The van der Waals surface area contributed by atoms with Crippen molar-refractivity contribution in [2.45, 2.75) is 6.10 Å². The van der Waals surface area contributed by atoms with Gasteiger partial charge >= 0.3 is 5.97 Å². The Balaban J connectivity index is 2.57. The van der Waals surface area contributed by atoms with Crippen LogP contribution in [0.2, 0.25) is 0 Å². The second-order valence-electron chi connectivity index (χ2n) is 1.31. The van der Waals surface area contributed by atoms with Crippen LogP contribution in [0, 0.1) is 6.42 Å². The highest BCUT2D eigenvalue weighted by molar-refractivity contribution is 5.78. The third kappa shape index (κ3) is 0.869. The third-order valence-corrected chi connectivity index (χ3v) is 0.730. The van der Waals surface area contributed by atoms with Gasteiger partial charge in [0.1, 0.15) is 0 Å². The van der Waals surface area contributed by atoms with E-state index in [1.165, 1.54) is 12.3 Å². The molecule has 8 heavy (non-hydrogen) atoms. The zero-order valence-corrected chi connectivity index (χ0v) is 4.00. The number of rotatable bonds is 0. The van der Waals surface area contributed by atoms with Crippen LogP contribution in [0.25, 0.3) is 0 Å². The van der Waals surface area contributed by atoms with E-state index < -0.39 is 12.1 Å². The minimum atomic E-state index is -1.19. The molecule has 3 heteroatoms. The second kappa shape index (κ2) is 1.96. The number of ether oxygens (including phenoxy) is 1. The predicted octanol–water partition coefficient (Wildman–Crippen LogP) is -0.501. The number of aliphatic hydroxyl groups is 1. The van der Waals surface area contributed by atoms with Gasteiger partial charge in [0.25, 0.3) is 0 Å². The van der Waals surface area contributed by atoms with E-state index in [1.54, 1.807) is 0 Å². The smallest absolute Gasteiger partial charge is 0.340 e. The van der Waals surface area contributed by atoms with E-state index in [0.717, 1.165) is 0 Å². The van der Waals surface area contributed by atoms with Crippen molar-refractivity contribution in [1.29, 1.82) is 0 Å². The number of carbonyl (C=O) groups is 1. The molecule has 2 radical (unpaired) electrons. The largest absolute Gasteiger partial charge is 0.433 e. The maximum absolute atomic E-state index is 10.2. The molecular weight excluding hydrogens is 108 g/mol. The Kier molecular flexibility index (Phi) is 1.30. The number of aliphatic hydroxyl groups excluding tert-OH is 1. The van der Waals surface area contributed by atoms with Crippen molar-refractivity contribution in [2.24, 2.45) is 0 Å². The maximum Gasteiger partial charge on any atom is 0.340 e. The first-order valence-corrected chi connectivity index (χ1v) is 2.10. The number of cyclic esters (lactones) is 1. The standard InChI is InChI=1S/C5H4O3/c6-4-2-1-3-8-5(4)7/h1,3-4,6H. The lowest BCUT2D eigenvalue weighted by Crippen LogP contribution is -2.23. The fraction of sp³-hybridized carbons (Fsp3) is 0.200. The van der Waals surface area contributed by atoms with Gasteiger partial charge in [-0.15, -0.1) is 0 Å². The Labute approximate surface area is 46.6 Å². The molecule has 0 fully saturated rings. The zero-order chi connectivity index (χ0) is 5.98. The summed E-state index contributed by atoms with van der Waals surface area (Å²) in [5.41, 5.74) is 0. The Morgan fingerprint density at radius 2 is 2.62 bits per heavy atom. The predicted molar refractivity (Wildman–Crippen MR) is 24.5 cm³/mol. The van der Waals surface area contributed by atoms with Gasteiger partial charge in [0, 0.05) is 0 Å². The van der Waals surface area contributed by atoms with Crippen LogP contribution in [-0.2, 0) is 9.53 Å². The quantitative estimate of drug-likeness (QED) is 0.430. The Morgan fingerprint density at radius 1 is 1.88 bits per heavy atom. The molecule has 0 saturated carbocycles. The molecule has 0 aliphatic carbocycles. The van der Waals surface area contributed by atoms with Gasteiger partial charge in [-0.25, -0.2) is 4.79 Å². The summed E-state index contributed by atoms with van der Waals surface area (Å²) in [5, 5.41) is 8.54. The van der Waals surface area contributed by atoms with Gasteiger partial charge in [0.2, 0.25) is 0 Å². The van der Waals surface area contributed by atoms with Crippen LogP contribution < -0.4 is 0 Å². The normalized spacial score (nSPS) is 27.6. The number of hydrogen-bond acceptors (Lipinski definition) is 3. The van der Waals surface area contributed by atoms with Gasteiger partial charge in [-0.1, -0.05) is 0 Å². The van der Waals surface area contributed by atoms with Crippen LogP contribution >= 0.6 is 0 Å². The van der Waals surface area contributed by atoms with Gasteiger partial charge in [-0.05, 0) is 6.08 Å². The van der Waals surface area contributed by atoms with Gasteiger partial charge < -0.3 is 9.84 Å². The minimum absolute atomic E-state index is 0.674. The number of esters is 1. The highest BCUT2D eigenvalue weighted by Crippen LogP contribution is 2.01. The summed E-state index contributed by atoms with van der Waals surface area (Å²) in [5.74, 6) is -0.674. The lowest BCUT2D eigenvalue weighted by atomic mass is 10.2. The molecule has 0 aromatic heterocycles. The first-order valence-electron chi connectivity index (χ1n) is 2.10. The third-order valence-electron chi connectivity index (χ3n) is 0.730. The monoisotopic (exact) mass is 112 g/mol. The van der Waals surface area contributed by atoms with Crippen molar-refractivity contribution in [2.75, 3.05) is 0 Å². The highest BCUT2D eigenvalue weighted by atomic mass is 16.5. The average Bonchev–Trinajstić information content (AvgIpc) is 1.77. The molecule has 0 bridgehead atoms. The van der Waals surface area contributed by atoms with Crippen LogP contribution in [0.5, 0.6) is 0 Å². The van der Waals surface area contributed by atoms with Gasteiger partial charge in [-0.2, -0.15) is 0 Å². The molecule has 1 heterocycles. The van der Waals surface area contributed by atoms with Crippen molar-refractivity contribution >= 4 is 5.97 Å². The number of carbonyl (C=O) groups excluding carboxylic acids is 1. The van der Waals surface area contributed by atoms with Gasteiger partial charge in [0.15, 0.2) is 6.10 Å². The van der Waals surface area contributed by atoms with Crippen LogP contribution in [0.15, 0.2) is 12.3 Å². The average molecular weight is 112 g/mol. The summed E-state index contributed by atoms with van der Waals surface area (Å²) in [6.45, 7) is 0. The molecule has 1 unspecified atom stereocenters. The van der Waals surface area contributed by atoms with E-state index in [4.69, 9.17) is 5.11 Å².